The molecule has 2 fully saturated rings. The van der Waals surface area contributed by atoms with Crippen molar-refractivity contribution in [2.45, 2.75) is 38.8 Å². The van der Waals surface area contributed by atoms with Crippen molar-refractivity contribution >= 4 is 0 Å². The molecule has 1 aromatic rings. The predicted octanol–water partition coefficient (Wildman–Crippen LogP) is 0.644. The third-order valence-electron chi connectivity index (χ3n) is 4.85. The van der Waals surface area contributed by atoms with E-state index in [0.29, 0.717) is 0 Å². The number of nitrogens with zero attached hydrogens (tertiary/aromatic N) is 6. The van der Waals surface area contributed by atoms with E-state index in [1.165, 1.54) is 25.9 Å². The normalized spacial score (nSPS) is 27.6. The first-order valence-corrected chi connectivity index (χ1v) is 7.76. The van der Waals surface area contributed by atoms with Crippen LogP contribution >= 0.6 is 0 Å². The molecule has 2 atom stereocenters. The van der Waals surface area contributed by atoms with Crippen LogP contribution in [0, 0.1) is 18.8 Å². The molecule has 1 saturated carbocycles. The van der Waals surface area contributed by atoms with Gasteiger partial charge in [-0.05, 0) is 69.1 Å². The molecule has 2 heterocycles. The molecule has 2 aliphatic rings. The summed E-state index contributed by atoms with van der Waals surface area (Å²) >= 11 is 0. The topological polar surface area (TPSA) is 50.1 Å². The van der Waals surface area contributed by atoms with Gasteiger partial charge in [-0.1, -0.05) is 0 Å². The van der Waals surface area contributed by atoms with E-state index in [4.69, 9.17) is 0 Å². The Morgan fingerprint density at radius 1 is 1.20 bits per heavy atom. The first kappa shape index (κ1) is 13.9. The fraction of sp³-hybridized carbons (Fsp3) is 0.929. The Morgan fingerprint density at radius 2 is 2.00 bits per heavy atom. The number of hydrogen-bond acceptors (Lipinski definition) is 5. The molecule has 0 N–H and O–H groups in total. The maximum atomic E-state index is 4.01. The highest BCUT2D eigenvalue weighted by Crippen LogP contribution is 2.42. The van der Waals surface area contributed by atoms with Crippen molar-refractivity contribution in [2.75, 3.05) is 33.7 Å². The molecule has 6 nitrogen and oxygen atoms in total. The summed E-state index contributed by atoms with van der Waals surface area (Å²) in [6.07, 6.45) is 4.03. The lowest BCUT2D eigenvalue weighted by atomic mass is 9.97. The number of aromatic nitrogens is 4. The average Bonchev–Trinajstić information content (AvgIpc) is 3.04. The fourth-order valence-electron chi connectivity index (χ4n) is 3.51. The number of likely N-dealkylation sites (N-methyl/N-ethyl adjacent to an activating group) is 1. The number of likely N-dealkylation sites (tertiary alicyclic amines) is 1. The summed E-state index contributed by atoms with van der Waals surface area (Å²) in [6, 6.07) is 0.747. The van der Waals surface area contributed by atoms with E-state index >= 15 is 0 Å². The fourth-order valence-corrected chi connectivity index (χ4v) is 3.51. The summed E-state index contributed by atoms with van der Waals surface area (Å²) in [5.41, 5.74) is 0. The second kappa shape index (κ2) is 5.77. The van der Waals surface area contributed by atoms with E-state index in [-0.39, 0.29) is 0 Å². The lowest BCUT2D eigenvalue weighted by Crippen LogP contribution is -2.36. The standard InChI is InChI=1S/C14H26N6/c1-11-15-16-17-20(11)8-4-7-19-9-13(12-5-6-12)14(10-19)18(2)3/h12-14H,4-10H2,1-3H3/t13-,14+/m1/s1. The molecule has 0 unspecified atom stereocenters. The van der Waals surface area contributed by atoms with E-state index in [9.17, 15) is 0 Å². The van der Waals surface area contributed by atoms with E-state index < -0.39 is 0 Å². The van der Waals surface area contributed by atoms with Gasteiger partial charge in [0.25, 0.3) is 0 Å². The van der Waals surface area contributed by atoms with E-state index in [1.807, 2.05) is 11.6 Å². The first-order valence-electron chi connectivity index (χ1n) is 7.76. The van der Waals surface area contributed by atoms with Gasteiger partial charge in [-0.25, -0.2) is 4.68 Å². The molecule has 112 valence electrons. The van der Waals surface area contributed by atoms with Crippen LogP contribution in [-0.4, -0.2) is 69.8 Å². The van der Waals surface area contributed by atoms with Crippen LogP contribution in [0.1, 0.15) is 25.1 Å². The van der Waals surface area contributed by atoms with Gasteiger partial charge in [0.2, 0.25) is 0 Å². The van der Waals surface area contributed by atoms with Gasteiger partial charge in [-0.2, -0.15) is 0 Å². The molecule has 20 heavy (non-hydrogen) atoms. The molecule has 1 aromatic heterocycles. The Bertz CT molecular complexity index is 429. The van der Waals surface area contributed by atoms with Crippen LogP contribution in [0.3, 0.4) is 0 Å². The van der Waals surface area contributed by atoms with Crippen LogP contribution < -0.4 is 0 Å². The van der Waals surface area contributed by atoms with Crippen molar-refractivity contribution in [3.8, 4) is 0 Å². The minimum absolute atomic E-state index is 0.747. The Kier molecular flexibility index (Phi) is 4.03. The lowest BCUT2D eigenvalue weighted by Gasteiger charge is -2.25. The minimum Gasteiger partial charge on any atom is -0.305 e. The second-order valence-corrected chi connectivity index (χ2v) is 6.59. The molecule has 1 aliphatic carbocycles. The molecule has 0 amide bonds. The number of tetrazole rings is 1. The minimum atomic E-state index is 0.747. The molecule has 1 saturated heterocycles. The van der Waals surface area contributed by atoms with E-state index in [1.54, 1.807) is 0 Å². The summed E-state index contributed by atoms with van der Waals surface area (Å²) in [5, 5.41) is 11.6. The van der Waals surface area contributed by atoms with Gasteiger partial charge >= 0.3 is 0 Å². The van der Waals surface area contributed by atoms with Crippen LogP contribution in [0.25, 0.3) is 0 Å². The van der Waals surface area contributed by atoms with Gasteiger partial charge in [0.05, 0.1) is 0 Å². The SMILES string of the molecule is Cc1nnnn1CCCN1C[C@H](C2CC2)[C@@H](N(C)C)C1. The molecule has 6 heteroatoms. The highest BCUT2D eigenvalue weighted by atomic mass is 15.5. The summed E-state index contributed by atoms with van der Waals surface area (Å²) in [5.74, 6) is 2.79. The monoisotopic (exact) mass is 278 g/mol. The number of aryl methyl sites for hydroxylation is 2. The summed E-state index contributed by atoms with van der Waals surface area (Å²) in [4.78, 5) is 5.06. The van der Waals surface area contributed by atoms with Crippen molar-refractivity contribution < 1.29 is 0 Å². The van der Waals surface area contributed by atoms with Gasteiger partial charge < -0.3 is 9.80 Å². The molecule has 3 rings (SSSR count). The Labute approximate surface area is 121 Å². The third kappa shape index (κ3) is 3.01. The van der Waals surface area contributed by atoms with Crippen LogP contribution in [-0.2, 0) is 6.54 Å². The van der Waals surface area contributed by atoms with Crippen LogP contribution in [0.4, 0.5) is 0 Å². The Balaban J connectivity index is 1.48. The molecule has 1 aliphatic heterocycles. The van der Waals surface area contributed by atoms with Crippen molar-refractivity contribution in [1.82, 2.24) is 30.0 Å². The van der Waals surface area contributed by atoms with Gasteiger partial charge in [0.1, 0.15) is 5.82 Å². The largest absolute Gasteiger partial charge is 0.305 e. The third-order valence-corrected chi connectivity index (χ3v) is 4.85. The zero-order valence-electron chi connectivity index (χ0n) is 12.9. The van der Waals surface area contributed by atoms with E-state index in [0.717, 1.165) is 43.2 Å². The lowest BCUT2D eigenvalue weighted by molar-refractivity contribution is 0.233. The molecular formula is C14H26N6. The predicted molar refractivity (Wildman–Crippen MR) is 77.3 cm³/mol. The summed E-state index contributed by atoms with van der Waals surface area (Å²) in [7, 11) is 4.46. The molecule has 0 bridgehead atoms. The van der Waals surface area contributed by atoms with Crippen molar-refractivity contribution in [2.24, 2.45) is 11.8 Å². The molecular weight excluding hydrogens is 252 g/mol. The smallest absolute Gasteiger partial charge is 0.148 e. The van der Waals surface area contributed by atoms with Crippen LogP contribution in [0.5, 0.6) is 0 Å². The summed E-state index contributed by atoms with van der Waals surface area (Å²) < 4.78 is 1.90. The Hall–Kier alpha value is -1.01. The second-order valence-electron chi connectivity index (χ2n) is 6.59. The van der Waals surface area contributed by atoms with Gasteiger partial charge in [0, 0.05) is 25.7 Å². The zero-order chi connectivity index (χ0) is 14.1. The summed E-state index contributed by atoms with van der Waals surface area (Å²) in [6.45, 7) is 6.55. The van der Waals surface area contributed by atoms with Gasteiger partial charge in [0.15, 0.2) is 0 Å². The quantitative estimate of drug-likeness (QED) is 0.764. The van der Waals surface area contributed by atoms with Gasteiger partial charge in [-0.3, -0.25) is 0 Å². The molecule has 0 spiro atoms. The first-order chi connectivity index (χ1) is 9.65. The highest BCUT2D eigenvalue weighted by Gasteiger charge is 2.42. The van der Waals surface area contributed by atoms with Crippen LogP contribution in [0.15, 0.2) is 0 Å². The van der Waals surface area contributed by atoms with Crippen molar-refractivity contribution in [3.63, 3.8) is 0 Å². The zero-order valence-corrected chi connectivity index (χ0v) is 12.9. The average molecular weight is 278 g/mol. The van der Waals surface area contributed by atoms with Crippen molar-refractivity contribution in [1.29, 1.82) is 0 Å². The van der Waals surface area contributed by atoms with Crippen molar-refractivity contribution in [3.05, 3.63) is 5.82 Å². The van der Waals surface area contributed by atoms with Crippen LogP contribution in [0.2, 0.25) is 0 Å². The number of hydrogen-bond donors (Lipinski definition) is 0. The Morgan fingerprint density at radius 3 is 2.60 bits per heavy atom. The molecule has 0 aromatic carbocycles. The van der Waals surface area contributed by atoms with E-state index in [2.05, 4.69) is 39.4 Å². The highest BCUT2D eigenvalue weighted by molar-refractivity contribution is 4.96. The molecule has 0 radical (unpaired) electrons. The maximum absolute atomic E-state index is 4.01. The number of rotatable bonds is 6. The maximum Gasteiger partial charge on any atom is 0.148 e. The van der Waals surface area contributed by atoms with Gasteiger partial charge in [-0.15, -0.1) is 5.10 Å².